The normalized spacial score (nSPS) is 13.3. The van der Waals surface area contributed by atoms with Gasteiger partial charge in [0.1, 0.15) is 5.65 Å². The zero-order chi connectivity index (χ0) is 34.9. The molecule has 8 bridgehead atoms. The van der Waals surface area contributed by atoms with Gasteiger partial charge in [0, 0.05) is 43.2 Å². The lowest BCUT2D eigenvalue weighted by molar-refractivity contribution is 0.591. The molecule has 50 heavy (non-hydrogen) atoms. The molecule has 0 unspecified atom stereocenters. The summed E-state index contributed by atoms with van der Waals surface area (Å²) in [5, 5.41) is 8.13. The van der Waals surface area contributed by atoms with Crippen LogP contribution in [0.1, 0.15) is 79.0 Å². The second-order valence-corrected chi connectivity index (χ2v) is 17.4. The average molecular weight is 653 g/mol. The first-order chi connectivity index (χ1) is 23.6. The molecule has 0 amide bonds. The highest BCUT2D eigenvalue weighted by molar-refractivity contribution is 6.21. The monoisotopic (exact) mass is 652 g/mol. The van der Waals surface area contributed by atoms with Gasteiger partial charge < -0.3 is 4.98 Å². The highest BCUT2D eigenvalue weighted by Gasteiger charge is 2.22. The van der Waals surface area contributed by atoms with Crippen LogP contribution >= 0.6 is 0 Å². The van der Waals surface area contributed by atoms with E-state index in [1.54, 1.807) is 0 Å². The number of H-pyrrole nitrogens is 1. The van der Waals surface area contributed by atoms with Gasteiger partial charge in [0.15, 0.2) is 0 Å². The molecule has 0 spiro atoms. The number of para-hydroxylation sites is 1. The Bertz CT molecular complexity index is 2920. The quantitative estimate of drug-likeness (QED) is 0.177. The fraction of sp³-hybridized carbons (Fsp3) is 0.261. The summed E-state index contributed by atoms with van der Waals surface area (Å²) in [6.07, 6.45) is 0. The van der Waals surface area contributed by atoms with Crippen molar-refractivity contribution in [1.29, 1.82) is 0 Å². The molecule has 9 aromatic rings. The van der Waals surface area contributed by atoms with Gasteiger partial charge in [-0.2, -0.15) is 0 Å². The highest BCUT2D eigenvalue weighted by Crippen LogP contribution is 2.40. The minimum atomic E-state index is -0.0742. The second kappa shape index (κ2) is 10.2. The van der Waals surface area contributed by atoms with Gasteiger partial charge in [0.2, 0.25) is 0 Å². The number of nitrogens with one attached hydrogen (secondary N) is 1. The molecule has 5 aromatic heterocycles. The van der Waals surface area contributed by atoms with Crippen LogP contribution in [0.2, 0.25) is 0 Å². The molecule has 4 aromatic carbocycles. The Hall–Kier alpha value is -5.22. The summed E-state index contributed by atoms with van der Waals surface area (Å²) in [6, 6.07) is 36.1. The van der Waals surface area contributed by atoms with E-state index in [1.165, 1.54) is 32.8 Å². The van der Waals surface area contributed by atoms with Crippen LogP contribution in [0.3, 0.4) is 0 Å². The van der Waals surface area contributed by atoms with E-state index in [2.05, 4.69) is 169 Å². The van der Waals surface area contributed by atoms with E-state index in [4.69, 9.17) is 9.97 Å². The first kappa shape index (κ1) is 30.8. The van der Waals surface area contributed by atoms with Crippen LogP contribution in [-0.2, 0) is 16.2 Å². The molecule has 4 heteroatoms. The van der Waals surface area contributed by atoms with Crippen LogP contribution < -0.4 is 0 Å². The molecule has 0 atom stereocenters. The predicted molar refractivity (Wildman–Crippen MR) is 215 cm³/mol. The van der Waals surface area contributed by atoms with E-state index in [-0.39, 0.29) is 16.2 Å². The number of nitrogens with zero attached hydrogens (tertiary/aromatic N) is 3. The summed E-state index contributed by atoms with van der Waals surface area (Å²) in [5.74, 6) is 0. The van der Waals surface area contributed by atoms with Crippen molar-refractivity contribution in [2.24, 2.45) is 0 Å². The van der Waals surface area contributed by atoms with Crippen molar-refractivity contribution in [2.45, 2.75) is 78.6 Å². The molecule has 1 N–H and O–H groups in total. The first-order valence-corrected chi connectivity index (χ1v) is 17.8. The Labute approximate surface area is 292 Å². The third-order valence-corrected chi connectivity index (χ3v) is 10.7. The molecule has 0 saturated carbocycles. The zero-order valence-corrected chi connectivity index (χ0v) is 30.6. The van der Waals surface area contributed by atoms with Gasteiger partial charge in [-0.1, -0.05) is 86.6 Å². The maximum Gasteiger partial charge on any atom is 0.146 e. The van der Waals surface area contributed by atoms with Crippen LogP contribution in [0.4, 0.5) is 0 Å². The van der Waals surface area contributed by atoms with Crippen LogP contribution in [0.15, 0.2) is 97.1 Å². The van der Waals surface area contributed by atoms with Crippen LogP contribution in [0.25, 0.3) is 82.0 Å². The van der Waals surface area contributed by atoms with Gasteiger partial charge in [-0.15, -0.1) is 0 Å². The van der Waals surface area contributed by atoms with E-state index < -0.39 is 0 Å². The molecule has 9 rings (SSSR count). The summed E-state index contributed by atoms with van der Waals surface area (Å²) < 4.78 is 2.36. The Balaban J connectivity index is 1.65. The van der Waals surface area contributed by atoms with Crippen molar-refractivity contribution < 1.29 is 0 Å². The van der Waals surface area contributed by atoms with Crippen LogP contribution in [0.5, 0.6) is 0 Å². The van der Waals surface area contributed by atoms with Crippen molar-refractivity contribution >= 4 is 82.0 Å². The highest BCUT2D eigenvalue weighted by atomic mass is 15.0. The molecule has 0 aliphatic rings. The number of benzene rings is 4. The summed E-state index contributed by atoms with van der Waals surface area (Å²) >= 11 is 0. The van der Waals surface area contributed by atoms with Crippen LogP contribution in [0, 0.1) is 0 Å². The summed E-state index contributed by atoms with van der Waals surface area (Å²) in [7, 11) is 0. The van der Waals surface area contributed by atoms with E-state index in [9.17, 15) is 0 Å². The number of pyridine rings is 2. The molecule has 4 nitrogen and oxygen atoms in total. The summed E-state index contributed by atoms with van der Waals surface area (Å²) in [4.78, 5) is 15.0. The molecule has 0 aliphatic heterocycles. The third-order valence-electron chi connectivity index (χ3n) is 10.7. The molecular weight excluding hydrogens is 609 g/mol. The molecule has 5 heterocycles. The number of rotatable bonds is 0. The number of hydrogen-bond acceptors (Lipinski definition) is 2. The number of fused-ring (bicyclic) bond motifs is 13. The second-order valence-electron chi connectivity index (χ2n) is 17.4. The minimum Gasteiger partial charge on any atom is -0.353 e. The molecular formula is C46H44N4. The Morgan fingerprint density at radius 2 is 1.02 bits per heavy atom. The Morgan fingerprint density at radius 3 is 1.66 bits per heavy atom. The first-order valence-electron chi connectivity index (χ1n) is 17.8. The van der Waals surface area contributed by atoms with Crippen molar-refractivity contribution in [3.63, 3.8) is 0 Å². The van der Waals surface area contributed by atoms with E-state index in [1.807, 2.05) is 0 Å². The number of aromatic amines is 1. The predicted octanol–water partition coefficient (Wildman–Crippen LogP) is 12.6. The molecule has 0 radical (unpaired) electrons. The summed E-state index contributed by atoms with van der Waals surface area (Å²) in [6.45, 7) is 20.7. The fourth-order valence-electron chi connectivity index (χ4n) is 7.69. The third kappa shape index (κ3) is 4.65. The maximum atomic E-state index is 5.60. The largest absolute Gasteiger partial charge is 0.353 e. The van der Waals surface area contributed by atoms with Gasteiger partial charge in [-0.05, 0) is 106 Å². The molecule has 248 valence electrons. The summed E-state index contributed by atoms with van der Waals surface area (Å²) in [5.41, 5.74) is 12.0. The lowest BCUT2D eigenvalue weighted by Crippen LogP contribution is -2.11. The average Bonchev–Trinajstić information content (AvgIpc) is 3.61. The van der Waals surface area contributed by atoms with E-state index >= 15 is 0 Å². The van der Waals surface area contributed by atoms with E-state index in [0.717, 1.165) is 65.8 Å². The van der Waals surface area contributed by atoms with Gasteiger partial charge >= 0.3 is 0 Å². The molecule has 0 aliphatic carbocycles. The van der Waals surface area contributed by atoms with Gasteiger partial charge in [-0.3, -0.25) is 4.40 Å². The van der Waals surface area contributed by atoms with Crippen molar-refractivity contribution in [1.82, 2.24) is 19.4 Å². The smallest absolute Gasteiger partial charge is 0.146 e. The lowest BCUT2D eigenvalue weighted by Gasteiger charge is -2.21. The van der Waals surface area contributed by atoms with Crippen molar-refractivity contribution in [3.05, 3.63) is 114 Å². The SMILES string of the molecule is CC(C)(C)c1cc2c3cccc(n3)c3cc(C(C)(C)C)cc(c3)n3c4ccccc4c4ccc(nc43)c3cc(C(C)(C)C)cc4c(c1)c2[nH]c34. The number of hydrogen-bond donors (Lipinski definition) is 1. The van der Waals surface area contributed by atoms with Gasteiger partial charge in [0.25, 0.3) is 0 Å². The van der Waals surface area contributed by atoms with Crippen LogP contribution in [-0.4, -0.2) is 19.4 Å². The topological polar surface area (TPSA) is 46.0 Å². The number of aromatic nitrogens is 4. The molecule has 0 fully saturated rings. The zero-order valence-electron chi connectivity index (χ0n) is 30.6. The van der Waals surface area contributed by atoms with E-state index in [0.29, 0.717) is 0 Å². The van der Waals surface area contributed by atoms with Gasteiger partial charge in [-0.25, -0.2) is 9.97 Å². The Kier molecular flexibility index (Phi) is 6.26. The molecule has 0 saturated heterocycles. The van der Waals surface area contributed by atoms with Crippen molar-refractivity contribution in [2.75, 3.05) is 0 Å². The lowest BCUT2D eigenvalue weighted by atomic mass is 9.84. The fourth-order valence-corrected chi connectivity index (χ4v) is 7.69. The standard InChI is InChI=1S/C46H44N4/c1-44(2,3)27-19-26-20-30(21-27)50-40-16-11-10-13-31(40)32-17-18-39(48-43(32)50)36-25-29(46(7,8)9)23-34-33-22-28(45(4,5)6)24-35(41(33)49-42(34)36)38-15-12-14-37(26)47-38/h10-25,49H,1-9H3. The minimum absolute atomic E-state index is 0.0502. The maximum absolute atomic E-state index is 5.60. The van der Waals surface area contributed by atoms with Crippen molar-refractivity contribution in [3.8, 4) is 0 Å². The Morgan fingerprint density at radius 1 is 0.460 bits per heavy atom. The van der Waals surface area contributed by atoms with Gasteiger partial charge in [0.05, 0.1) is 33.1 Å².